The minimum atomic E-state index is -1.82. The Morgan fingerprint density at radius 3 is 0.969 bits per heavy atom. The van der Waals surface area contributed by atoms with Gasteiger partial charge in [-0.1, -0.05) is 0 Å². The van der Waals surface area contributed by atoms with Crippen molar-refractivity contribution in [2.45, 2.75) is 26.2 Å². The summed E-state index contributed by atoms with van der Waals surface area (Å²) < 4.78 is 3.59. The average Bonchev–Trinajstić information content (AvgIpc) is 2.62. The molecule has 32 heavy (non-hydrogen) atoms. The molecule has 0 bridgehead atoms. The van der Waals surface area contributed by atoms with Gasteiger partial charge in [-0.15, -0.1) is 0 Å². The van der Waals surface area contributed by atoms with E-state index in [4.69, 9.17) is 0 Å². The van der Waals surface area contributed by atoms with Crippen LogP contribution in [0, 0.1) is 0 Å². The van der Waals surface area contributed by atoms with Gasteiger partial charge in [-0.3, -0.25) is 0 Å². The minimum absolute atomic E-state index is 1.06. The standard InChI is InChI=1S/2C12H19N2.2Bi.2S/c2*1-13(2)9-11-6-5-7-12(8-11)10-14(3)4;;;;/h2*5-7H,9-10H2,1-4H3;;;;. The number of hydrogen-bond acceptors (Lipinski definition) is 6. The molecule has 1 heterocycles. The van der Waals surface area contributed by atoms with E-state index in [1.807, 2.05) is 0 Å². The van der Waals surface area contributed by atoms with Crippen molar-refractivity contribution in [3.63, 3.8) is 0 Å². The first-order chi connectivity index (χ1) is 15.2. The summed E-state index contributed by atoms with van der Waals surface area (Å²) >= 11 is -3.63. The van der Waals surface area contributed by atoms with Crippen molar-refractivity contribution in [3.8, 4) is 0 Å². The second-order valence-corrected chi connectivity index (χ2v) is 71.4. The molecule has 0 aromatic heterocycles. The molecule has 0 amide bonds. The van der Waals surface area contributed by atoms with E-state index in [1.165, 1.54) is 0 Å². The third-order valence-corrected chi connectivity index (χ3v) is 149. The molecule has 0 atom stereocenters. The van der Waals surface area contributed by atoms with E-state index in [9.17, 15) is 0 Å². The van der Waals surface area contributed by atoms with Crippen molar-refractivity contribution in [2.24, 2.45) is 0 Å². The zero-order valence-electron chi connectivity index (χ0n) is 20.8. The molecule has 176 valence electrons. The Balaban J connectivity index is 1.92. The molecule has 8 heteroatoms. The summed E-state index contributed by atoms with van der Waals surface area (Å²) in [5.74, 6) is 0. The van der Waals surface area contributed by atoms with Gasteiger partial charge in [-0.2, -0.15) is 0 Å². The molecular formula is C24H38Bi2N4S2. The molecule has 0 radical (unpaired) electrons. The molecule has 4 nitrogen and oxygen atoms in total. The van der Waals surface area contributed by atoms with Gasteiger partial charge in [0.05, 0.1) is 0 Å². The van der Waals surface area contributed by atoms with E-state index in [0.717, 1.165) is 26.2 Å². The van der Waals surface area contributed by atoms with Gasteiger partial charge >= 0.3 is 216 Å². The normalized spacial score (nSPS) is 15.4. The Morgan fingerprint density at radius 2 is 0.750 bits per heavy atom. The monoisotopic (exact) mass is 864 g/mol. The molecule has 1 saturated heterocycles. The topological polar surface area (TPSA) is 13.0 Å². The van der Waals surface area contributed by atoms with Crippen LogP contribution in [0.4, 0.5) is 0 Å². The van der Waals surface area contributed by atoms with Crippen molar-refractivity contribution in [2.75, 3.05) is 56.4 Å². The number of rotatable bonds is 10. The molecule has 0 unspecified atom stereocenters. The van der Waals surface area contributed by atoms with Gasteiger partial charge in [0.1, 0.15) is 0 Å². The van der Waals surface area contributed by atoms with Crippen molar-refractivity contribution >= 4 is 54.7 Å². The van der Waals surface area contributed by atoms with Crippen LogP contribution in [0.1, 0.15) is 22.3 Å². The summed E-state index contributed by atoms with van der Waals surface area (Å²) in [5, 5.41) is 5.08. The molecule has 0 spiro atoms. The third kappa shape index (κ3) is 7.37. The predicted octanol–water partition coefficient (Wildman–Crippen LogP) is 2.50. The zero-order valence-corrected chi connectivity index (χ0v) is 29.4. The predicted molar refractivity (Wildman–Crippen MR) is 148 cm³/mol. The molecule has 3 rings (SSSR count). The van der Waals surface area contributed by atoms with E-state index in [-0.39, 0.29) is 0 Å². The van der Waals surface area contributed by atoms with Crippen LogP contribution in [0.2, 0.25) is 0 Å². The molecule has 2 aromatic rings. The fourth-order valence-electron chi connectivity index (χ4n) is 3.94. The number of benzene rings is 2. The fourth-order valence-corrected chi connectivity index (χ4v) is 134. The Labute approximate surface area is 213 Å². The van der Waals surface area contributed by atoms with Gasteiger partial charge in [0.2, 0.25) is 0 Å². The van der Waals surface area contributed by atoms with Crippen LogP contribution in [0.15, 0.2) is 36.4 Å². The van der Waals surface area contributed by atoms with Crippen LogP contribution in [0.3, 0.4) is 0 Å². The summed E-state index contributed by atoms with van der Waals surface area (Å²) in [6.07, 6.45) is 0. The molecule has 2 aromatic carbocycles. The van der Waals surface area contributed by atoms with Gasteiger partial charge in [-0.25, -0.2) is 0 Å². The van der Waals surface area contributed by atoms with Crippen LogP contribution < -0.4 is 6.54 Å². The quantitative estimate of drug-likeness (QED) is 0.339. The zero-order chi connectivity index (χ0) is 23.4. The van der Waals surface area contributed by atoms with Crippen LogP contribution >= 0.6 is 10.5 Å². The van der Waals surface area contributed by atoms with E-state index in [1.54, 1.807) is 28.8 Å². The Morgan fingerprint density at radius 1 is 0.500 bits per heavy atom. The van der Waals surface area contributed by atoms with E-state index in [2.05, 4.69) is 123 Å². The van der Waals surface area contributed by atoms with E-state index < -0.39 is 37.6 Å². The van der Waals surface area contributed by atoms with Crippen LogP contribution in [0.5, 0.6) is 0 Å². The first-order valence-electron chi connectivity index (χ1n) is 10.9. The SMILES string of the molecule is CN(C)Cc1cccc(CN(C)C)[c]1[Bi]1[S][Bi]([c]2c(CN(C)C)cccc2CN(C)C)[S]1. The molecule has 0 saturated carbocycles. The van der Waals surface area contributed by atoms with Crippen molar-refractivity contribution in [3.05, 3.63) is 58.7 Å². The van der Waals surface area contributed by atoms with E-state index >= 15 is 0 Å². The van der Waals surface area contributed by atoms with Gasteiger partial charge in [0.25, 0.3) is 0 Å². The van der Waals surface area contributed by atoms with Gasteiger partial charge in [0.15, 0.2) is 0 Å². The van der Waals surface area contributed by atoms with Crippen molar-refractivity contribution in [1.29, 1.82) is 0 Å². The molecule has 1 aliphatic heterocycles. The summed E-state index contributed by atoms with van der Waals surface area (Å²) in [6.45, 7) is 4.25. The van der Waals surface area contributed by atoms with Gasteiger partial charge in [0, 0.05) is 0 Å². The van der Waals surface area contributed by atoms with E-state index in [0.29, 0.717) is 0 Å². The molecule has 0 aliphatic carbocycles. The maximum atomic E-state index is 2.54. The van der Waals surface area contributed by atoms with Crippen molar-refractivity contribution < 1.29 is 0 Å². The third-order valence-electron chi connectivity index (χ3n) is 5.01. The number of hydrogen-bond donors (Lipinski definition) is 0. The fraction of sp³-hybridized carbons (Fsp3) is 0.500. The summed E-state index contributed by atoms with van der Waals surface area (Å²) in [5.41, 5.74) is 6.36. The average molecular weight is 865 g/mol. The molecule has 1 fully saturated rings. The van der Waals surface area contributed by atoms with Gasteiger partial charge < -0.3 is 0 Å². The van der Waals surface area contributed by atoms with Crippen LogP contribution in [0.25, 0.3) is 0 Å². The molecule has 1 aliphatic rings. The Bertz CT molecular complexity index is 772. The molecular weight excluding hydrogens is 826 g/mol. The summed E-state index contributed by atoms with van der Waals surface area (Å²) in [6, 6.07) is 14.1. The van der Waals surface area contributed by atoms with Gasteiger partial charge in [-0.05, 0) is 0 Å². The van der Waals surface area contributed by atoms with Crippen LogP contribution in [-0.2, 0) is 26.2 Å². The second-order valence-electron chi connectivity index (χ2n) is 9.48. The second kappa shape index (κ2) is 12.6. The Kier molecular flexibility index (Phi) is 10.8. The summed E-state index contributed by atoms with van der Waals surface area (Å²) in [4.78, 5) is 9.33. The number of nitrogens with zero attached hydrogens (tertiary/aromatic N) is 4. The maximum absolute atomic E-state index is 2.54. The Hall–Kier alpha value is 0.746. The first kappa shape index (κ1) is 27.3. The first-order valence-corrected chi connectivity index (χ1v) is 32.9. The summed E-state index contributed by atoms with van der Waals surface area (Å²) in [7, 11) is 17.6. The molecule has 0 N–H and O–H groups in total. The van der Waals surface area contributed by atoms with Crippen molar-refractivity contribution in [1.82, 2.24) is 19.6 Å². The van der Waals surface area contributed by atoms with Crippen LogP contribution in [-0.4, -0.2) is 114 Å².